The van der Waals surface area contributed by atoms with Crippen LogP contribution in [-0.4, -0.2) is 24.0 Å². The number of nitriles is 1. The van der Waals surface area contributed by atoms with E-state index in [1.807, 2.05) is 6.07 Å². The first kappa shape index (κ1) is 22.5. The van der Waals surface area contributed by atoms with Gasteiger partial charge in [-0.1, -0.05) is 23.7 Å². The molecule has 1 aliphatic rings. The van der Waals surface area contributed by atoms with Crippen molar-refractivity contribution in [3.05, 3.63) is 88.9 Å². The second-order valence-corrected chi connectivity index (χ2v) is 7.82. The molecule has 3 aromatic carbocycles. The molecule has 0 spiro atoms. The molecule has 0 aliphatic carbocycles. The Morgan fingerprint density at radius 1 is 1.03 bits per heavy atom. The number of anilines is 1. The molecule has 0 saturated carbocycles. The largest absolute Gasteiger partial charge is 0.457 e. The molecule has 0 bridgehead atoms. The molecule has 5 nitrogen and oxygen atoms in total. The van der Waals surface area contributed by atoms with Gasteiger partial charge in [-0.2, -0.15) is 18.4 Å². The Balaban J connectivity index is 1.64. The van der Waals surface area contributed by atoms with Gasteiger partial charge >= 0.3 is 12.2 Å². The van der Waals surface area contributed by atoms with Gasteiger partial charge in [0.25, 0.3) is 0 Å². The Bertz CT molecular complexity index is 1190. The Morgan fingerprint density at radius 3 is 2.27 bits per heavy atom. The summed E-state index contributed by atoms with van der Waals surface area (Å²) in [5.74, 6) is 1.09. The summed E-state index contributed by atoms with van der Waals surface area (Å²) in [6.45, 7) is -0.0702. The van der Waals surface area contributed by atoms with E-state index in [4.69, 9.17) is 21.6 Å². The average Bonchev–Trinajstić information content (AvgIpc) is 3.12. The van der Waals surface area contributed by atoms with Crippen molar-refractivity contribution in [3.63, 3.8) is 0 Å². The zero-order valence-corrected chi connectivity index (χ0v) is 17.8. The van der Waals surface area contributed by atoms with Gasteiger partial charge in [-0.3, -0.25) is 4.90 Å². The summed E-state index contributed by atoms with van der Waals surface area (Å²) >= 11 is 5.88. The SMILES string of the molecule is N#CCN1C[C@H](c2cccc(C(F)(F)F)c2)N(c2ccc(Oc3ccc(Cl)cc3)cc2)C1=O. The summed E-state index contributed by atoms with van der Waals surface area (Å²) in [6, 6.07) is 19.1. The number of urea groups is 1. The number of ether oxygens (including phenoxy) is 1. The molecule has 0 aromatic heterocycles. The van der Waals surface area contributed by atoms with Crippen LogP contribution < -0.4 is 9.64 Å². The molecule has 4 rings (SSSR count). The molecular formula is C24H17ClF3N3O2. The molecule has 9 heteroatoms. The number of benzene rings is 3. The second kappa shape index (κ2) is 9.04. The molecule has 0 unspecified atom stereocenters. The lowest BCUT2D eigenvalue weighted by atomic mass is 10.0. The van der Waals surface area contributed by atoms with E-state index in [2.05, 4.69) is 0 Å². The van der Waals surface area contributed by atoms with Crippen molar-refractivity contribution in [3.8, 4) is 17.6 Å². The quantitative estimate of drug-likeness (QED) is 0.391. The molecule has 1 heterocycles. The molecule has 1 fully saturated rings. The standard InChI is InChI=1S/C24H17ClF3N3O2/c25-18-4-8-20(9-5-18)33-21-10-6-19(7-11-21)31-22(15-30(13-12-29)23(31)32)16-2-1-3-17(14-16)24(26,27)28/h1-11,14,22H,13,15H2/t22-/m1/s1. The van der Waals surface area contributed by atoms with Crippen molar-refractivity contribution in [2.75, 3.05) is 18.0 Å². The number of alkyl halides is 3. The van der Waals surface area contributed by atoms with Crippen molar-refractivity contribution in [1.82, 2.24) is 4.90 Å². The number of hydrogen-bond donors (Lipinski definition) is 0. The van der Waals surface area contributed by atoms with Crippen LogP contribution in [0, 0.1) is 11.3 Å². The molecule has 2 amide bonds. The lowest BCUT2D eigenvalue weighted by Crippen LogP contribution is -2.32. The number of hydrogen-bond acceptors (Lipinski definition) is 3. The van der Waals surface area contributed by atoms with Crippen LogP contribution in [0.15, 0.2) is 72.8 Å². The summed E-state index contributed by atoms with van der Waals surface area (Å²) < 4.78 is 45.5. The van der Waals surface area contributed by atoms with E-state index in [1.165, 1.54) is 15.9 Å². The number of amides is 2. The van der Waals surface area contributed by atoms with Gasteiger partial charge in [0, 0.05) is 17.3 Å². The predicted octanol–water partition coefficient (Wildman–Crippen LogP) is 6.66. The van der Waals surface area contributed by atoms with E-state index in [-0.39, 0.29) is 13.1 Å². The predicted molar refractivity (Wildman–Crippen MR) is 117 cm³/mol. The van der Waals surface area contributed by atoms with Gasteiger partial charge in [0.2, 0.25) is 0 Å². The van der Waals surface area contributed by atoms with Crippen LogP contribution in [0.2, 0.25) is 5.02 Å². The highest BCUT2D eigenvalue weighted by Crippen LogP contribution is 2.38. The Hall–Kier alpha value is -3.70. The first-order chi connectivity index (χ1) is 15.8. The second-order valence-electron chi connectivity index (χ2n) is 7.38. The van der Waals surface area contributed by atoms with Crippen LogP contribution in [-0.2, 0) is 6.18 Å². The lowest BCUT2D eigenvalue weighted by molar-refractivity contribution is -0.137. The van der Waals surface area contributed by atoms with E-state index >= 15 is 0 Å². The highest BCUT2D eigenvalue weighted by atomic mass is 35.5. The highest BCUT2D eigenvalue weighted by Gasteiger charge is 2.40. The fraction of sp³-hybridized carbons (Fsp3) is 0.167. The number of nitrogens with zero attached hydrogens (tertiary/aromatic N) is 3. The fourth-order valence-corrected chi connectivity index (χ4v) is 3.78. The summed E-state index contributed by atoms with van der Waals surface area (Å²) in [7, 11) is 0. The third-order valence-electron chi connectivity index (χ3n) is 5.21. The van der Waals surface area contributed by atoms with Crippen LogP contribution in [0.4, 0.5) is 23.7 Å². The van der Waals surface area contributed by atoms with Crippen molar-refractivity contribution in [2.45, 2.75) is 12.2 Å². The van der Waals surface area contributed by atoms with Gasteiger partial charge in [-0.05, 0) is 66.2 Å². The highest BCUT2D eigenvalue weighted by molar-refractivity contribution is 6.30. The van der Waals surface area contributed by atoms with Crippen LogP contribution in [0.25, 0.3) is 0 Å². The molecule has 1 atom stereocenters. The molecule has 0 N–H and O–H groups in total. The normalized spacial score (nSPS) is 16.1. The molecule has 33 heavy (non-hydrogen) atoms. The lowest BCUT2D eigenvalue weighted by Gasteiger charge is -2.24. The van der Waals surface area contributed by atoms with Crippen LogP contribution in [0.1, 0.15) is 17.2 Å². The summed E-state index contributed by atoms with van der Waals surface area (Å²) in [4.78, 5) is 15.7. The average molecular weight is 472 g/mol. The molecule has 3 aromatic rings. The van der Waals surface area contributed by atoms with E-state index in [1.54, 1.807) is 54.6 Å². The maximum absolute atomic E-state index is 13.2. The maximum atomic E-state index is 13.2. The summed E-state index contributed by atoms with van der Waals surface area (Å²) in [5.41, 5.74) is 0.0178. The van der Waals surface area contributed by atoms with Crippen LogP contribution in [0.5, 0.6) is 11.5 Å². The van der Waals surface area contributed by atoms with Gasteiger partial charge in [0.15, 0.2) is 0 Å². The van der Waals surface area contributed by atoms with Gasteiger partial charge < -0.3 is 9.64 Å². The van der Waals surface area contributed by atoms with E-state index < -0.39 is 23.8 Å². The van der Waals surface area contributed by atoms with Gasteiger partial charge in [-0.15, -0.1) is 0 Å². The molecular weight excluding hydrogens is 455 g/mol. The number of carbonyl (C=O) groups is 1. The van der Waals surface area contributed by atoms with Crippen molar-refractivity contribution in [1.29, 1.82) is 5.26 Å². The summed E-state index contributed by atoms with van der Waals surface area (Å²) in [6.07, 6.45) is -4.50. The Kier molecular flexibility index (Phi) is 6.16. The Labute approximate surface area is 193 Å². The first-order valence-corrected chi connectivity index (χ1v) is 10.3. The van der Waals surface area contributed by atoms with E-state index in [0.717, 1.165) is 12.1 Å². The van der Waals surface area contributed by atoms with E-state index in [0.29, 0.717) is 27.8 Å². The zero-order chi connectivity index (χ0) is 23.6. The third kappa shape index (κ3) is 4.89. The van der Waals surface area contributed by atoms with Crippen LogP contribution in [0.3, 0.4) is 0 Å². The monoisotopic (exact) mass is 471 g/mol. The minimum atomic E-state index is -4.50. The zero-order valence-electron chi connectivity index (χ0n) is 17.1. The number of halogens is 4. The molecule has 0 radical (unpaired) electrons. The molecule has 1 aliphatic heterocycles. The van der Waals surface area contributed by atoms with Crippen molar-refractivity contribution in [2.24, 2.45) is 0 Å². The smallest absolute Gasteiger partial charge is 0.416 e. The van der Waals surface area contributed by atoms with Crippen molar-refractivity contribution >= 4 is 23.3 Å². The number of carbonyl (C=O) groups excluding carboxylic acids is 1. The third-order valence-corrected chi connectivity index (χ3v) is 5.46. The topological polar surface area (TPSA) is 56.6 Å². The molecule has 168 valence electrons. The van der Waals surface area contributed by atoms with Crippen LogP contribution >= 0.6 is 11.6 Å². The van der Waals surface area contributed by atoms with Gasteiger partial charge in [0.1, 0.15) is 18.0 Å². The van der Waals surface area contributed by atoms with Gasteiger partial charge in [-0.25, -0.2) is 4.79 Å². The first-order valence-electron chi connectivity index (χ1n) is 9.92. The van der Waals surface area contributed by atoms with Gasteiger partial charge in [0.05, 0.1) is 17.7 Å². The minimum Gasteiger partial charge on any atom is -0.457 e. The maximum Gasteiger partial charge on any atom is 0.416 e. The number of rotatable bonds is 5. The summed E-state index contributed by atoms with van der Waals surface area (Å²) in [5, 5.41) is 9.64. The minimum absolute atomic E-state index is 0.0940. The fourth-order valence-electron chi connectivity index (χ4n) is 3.65. The van der Waals surface area contributed by atoms with Crippen molar-refractivity contribution < 1.29 is 22.7 Å². The Morgan fingerprint density at radius 2 is 1.67 bits per heavy atom. The molecule has 1 saturated heterocycles. The van der Waals surface area contributed by atoms with E-state index in [9.17, 15) is 18.0 Å².